The standard InChI is InChI=1S/C35H32F5N5O4/c1-3-22-24(37)6-5-19-11-21(46)12-23(25(19)22)28-27(38)29-26(31(41-28)47-2)30(44-7-4-9-48-10-8-44)43-32(42-29)49-18-34-13-20(36)14-45(34)17-33(15-34)16-35(33,39)40/h1,5-6,11-12,20,46H,4,7-10,13-18H2,2H3/t20-,33?,34+/m1/s1. The Morgan fingerprint density at radius 2 is 1.92 bits per heavy atom. The molecule has 2 aromatic heterocycles. The van der Waals surface area contributed by atoms with E-state index >= 15 is 4.39 Å². The number of nitrogens with zero attached hydrogens (tertiary/aromatic N) is 5. The monoisotopic (exact) mass is 681 g/mol. The van der Waals surface area contributed by atoms with Gasteiger partial charge in [0, 0.05) is 56.6 Å². The molecule has 256 valence electrons. The van der Waals surface area contributed by atoms with E-state index in [9.17, 15) is 22.7 Å². The van der Waals surface area contributed by atoms with Gasteiger partial charge in [0.05, 0.1) is 30.2 Å². The van der Waals surface area contributed by atoms with Crippen LogP contribution in [-0.4, -0.2) is 95.7 Å². The summed E-state index contributed by atoms with van der Waals surface area (Å²) in [5.74, 6) is -2.21. The first-order chi connectivity index (χ1) is 23.5. The third-order valence-corrected chi connectivity index (χ3v) is 10.4. The number of phenolic OH excluding ortho intramolecular Hbond substituents is 1. The van der Waals surface area contributed by atoms with E-state index in [4.69, 9.17) is 20.6 Å². The zero-order chi connectivity index (χ0) is 34.3. The van der Waals surface area contributed by atoms with Crippen LogP contribution in [0.2, 0.25) is 0 Å². The van der Waals surface area contributed by atoms with Gasteiger partial charge in [0.1, 0.15) is 46.8 Å². The van der Waals surface area contributed by atoms with Gasteiger partial charge in [-0.1, -0.05) is 12.0 Å². The van der Waals surface area contributed by atoms with Crippen LogP contribution in [0.25, 0.3) is 32.9 Å². The van der Waals surface area contributed by atoms with Crippen LogP contribution in [0, 0.1) is 29.4 Å². The molecule has 1 saturated carbocycles. The van der Waals surface area contributed by atoms with Gasteiger partial charge in [-0.25, -0.2) is 26.9 Å². The fourth-order valence-electron chi connectivity index (χ4n) is 8.08. The van der Waals surface area contributed by atoms with E-state index in [1.54, 1.807) is 4.90 Å². The fraction of sp³-hybridized carbons (Fsp3) is 0.457. The minimum atomic E-state index is -2.82. The summed E-state index contributed by atoms with van der Waals surface area (Å²) in [5.41, 5.74) is -2.92. The molecule has 4 aromatic rings. The molecule has 3 aliphatic heterocycles. The summed E-state index contributed by atoms with van der Waals surface area (Å²) in [6, 6.07) is 4.93. The maximum Gasteiger partial charge on any atom is 0.319 e. The van der Waals surface area contributed by atoms with Crippen molar-refractivity contribution in [1.82, 2.24) is 19.9 Å². The van der Waals surface area contributed by atoms with E-state index in [0.29, 0.717) is 38.1 Å². The van der Waals surface area contributed by atoms with E-state index < -0.39 is 34.7 Å². The molecule has 1 aliphatic carbocycles. The highest BCUT2D eigenvalue weighted by Crippen LogP contribution is 2.69. The van der Waals surface area contributed by atoms with Crippen molar-refractivity contribution in [2.24, 2.45) is 5.41 Å². The Morgan fingerprint density at radius 1 is 1.10 bits per heavy atom. The fourth-order valence-corrected chi connectivity index (χ4v) is 8.08. The molecular weight excluding hydrogens is 649 g/mol. The summed E-state index contributed by atoms with van der Waals surface area (Å²) >= 11 is 0. The number of halogens is 5. The molecule has 0 amide bonds. The van der Waals surface area contributed by atoms with Crippen LogP contribution in [0.1, 0.15) is 31.2 Å². The van der Waals surface area contributed by atoms with E-state index in [1.807, 2.05) is 4.90 Å². The van der Waals surface area contributed by atoms with Crippen LogP contribution in [0.15, 0.2) is 24.3 Å². The zero-order valence-electron chi connectivity index (χ0n) is 26.5. The van der Waals surface area contributed by atoms with Gasteiger partial charge < -0.3 is 24.2 Å². The average molecular weight is 682 g/mol. The normalized spacial score (nSPS) is 26.2. The third-order valence-electron chi connectivity index (χ3n) is 10.4. The van der Waals surface area contributed by atoms with Crippen LogP contribution in [0.3, 0.4) is 0 Å². The molecule has 14 heteroatoms. The molecule has 1 spiro atoms. The summed E-state index contributed by atoms with van der Waals surface area (Å²) in [6.07, 6.45) is 4.94. The molecule has 4 fully saturated rings. The first kappa shape index (κ1) is 31.8. The molecule has 1 unspecified atom stereocenters. The van der Waals surface area contributed by atoms with Gasteiger partial charge in [0.15, 0.2) is 5.82 Å². The molecule has 8 rings (SSSR count). The second kappa shape index (κ2) is 11.3. The highest BCUT2D eigenvalue weighted by molar-refractivity contribution is 6.04. The van der Waals surface area contributed by atoms with Crippen LogP contribution in [0.5, 0.6) is 17.6 Å². The minimum Gasteiger partial charge on any atom is -0.508 e. The lowest BCUT2D eigenvalue weighted by molar-refractivity contribution is 0.0634. The second-order valence-corrected chi connectivity index (χ2v) is 13.5. The predicted octanol–water partition coefficient (Wildman–Crippen LogP) is 5.64. The Labute approximate surface area is 278 Å². The molecule has 0 radical (unpaired) electrons. The number of rotatable bonds is 6. The van der Waals surface area contributed by atoms with Crippen molar-refractivity contribution in [2.75, 3.05) is 58.0 Å². The Hall–Kier alpha value is -4.48. The number of hydrogen-bond donors (Lipinski definition) is 1. The number of alkyl halides is 3. The van der Waals surface area contributed by atoms with Crippen molar-refractivity contribution in [2.45, 2.75) is 43.3 Å². The third kappa shape index (κ3) is 5.00. The molecule has 3 saturated heterocycles. The maximum absolute atomic E-state index is 17.0. The highest BCUT2D eigenvalue weighted by atomic mass is 19.3. The number of anilines is 1. The van der Waals surface area contributed by atoms with Gasteiger partial charge in [0.2, 0.25) is 5.88 Å². The summed E-state index contributed by atoms with van der Waals surface area (Å²) in [5, 5.41) is 11.2. The topological polar surface area (TPSA) is 93.1 Å². The maximum atomic E-state index is 17.0. The van der Waals surface area contributed by atoms with Crippen LogP contribution in [0.4, 0.5) is 27.8 Å². The van der Waals surface area contributed by atoms with Gasteiger partial charge in [-0.3, -0.25) is 4.90 Å². The van der Waals surface area contributed by atoms with E-state index in [0.717, 1.165) is 6.07 Å². The van der Waals surface area contributed by atoms with Gasteiger partial charge >= 0.3 is 6.01 Å². The van der Waals surface area contributed by atoms with E-state index in [1.165, 1.54) is 25.3 Å². The minimum absolute atomic E-state index is 0.00189. The Kier molecular flexibility index (Phi) is 7.31. The number of ether oxygens (including phenoxy) is 3. The van der Waals surface area contributed by atoms with Gasteiger partial charge in [-0.15, -0.1) is 6.42 Å². The lowest BCUT2D eigenvalue weighted by Crippen LogP contribution is -2.43. The van der Waals surface area contributed by atoms with Crippen molar-refractivity contribution in [3.63, 3.8) is 0 Å². The number of aromatic nitrogens is 3. The number of fused-ring (bicyclic) bond motifs is 3. The Bertz CT molecular complexity index is 2050. The number of benzene rings is 2. The summed E-state index contributed by atoms with van der Waals surface area (Å²) in [7, 11) is 1.35. The lowest BCUT2D eigenvalue weighted by Gasteiger charge is -2.31. The molecule has 1 N–H and O–H groups in total. The predicted molar refractivity (Wildman–Crippen MR) is 170 cm³/mol. The van der Waals surface area contributed by atoms with Crippen molar-refractivity contribution in [1.29, 1.82) is 0 Å². The number of pyridine rings is 1. The quantitative estimate of drug-likeness (QED) is 0.205. The number of phenols is 1. The molecule has 9 nitrogen and oxygen atoms in total. The van der Waals surface area contributed by atoms with Crippen molar-refractivity contribution in [3.8, 4) is 41.2 Å². The lowest BCUT2D eigenvalue weighted by atomic mass is 9.88. The van der Waals surface area contributed by atoms with Crippen molar-refractivity contribution >= 4 is 27.5 Å². The van der Waals surface area contributed by atoms with Gasteiger partial charge in [0.25, 0.3) is 5.92 Å². The molecular formula is C35H32F5N5O4. The number of aromatic hydroxyl groups is 1. The smallest absolute Gasteiger partial charge is 0.319 e. The van der Waals surface area contributed by atoms with Crippen molar-refractivity contribution < 1.29 is 41.3 Å². The molecule has 49 heavy (non-hydrogen) atoms. The number of methoxy groups -OCH3 is 1. The Morgan fingerprint density at radius 3 is 2.67 bits per heavy atom. The average Bonchev–Trinajstić information content (AvgIpc) is 3.46. The summed E-state index contributed by atoms with van der Waals surface area (Å²) in [6.45, 7) is 1.65. The highest BCUT2D eigenvalue weighted by Gasteiger charge is 2.77. The molecule has 0 bridgehead atoms. The van der Waals surface area contributed by atoms with Gasteiger partial charge in [-0.2, -0.15) is 9.97 Å². The SMILES string of the molecule is C#Cc1c(F)ccc2cc(O)cc(-c3nc(OC)c4c(N5CCCOCC5)nc(OC[C@@]56C[C@@H](F)CN5CC5(CC5(F)F)C6)nc4c3F)c12. The zero-order valence-corrected chi connectivity index (χ0v) is 26.5. The van der Waals surface area contributed by atoms with Crippen molar-refractivity contribution in [3.05, 3.63) is 41.5 Å². The van der Waals surface area contributed by atoms with Crippen LogP contribution >= 0.6 is 0 Å². The molecule has 2 aromatic carbocycles. The van der Waals surface area contributed by atoms with Crippen LogP contribution in [-0.2, 0) is 4.74 Å². The summed E-state index contributed by atoms with van der Waals surface area (Å²) in [4.78, 5) is 17.2. The number of terminal acetylenes is 1. The number of hydrogen-bond acceptors (Lipinski definition) is 9. The molecule has 5 heterocycles. The largest absolute Gasteiger partial charge is 0.508 e. The van der Waals surface area contributed by atoms with Gasteiger partial charge in [-0.05, 0) is 36.4 Å². The first-order valence-electron chi connectivity index (χ1n) is 16.1. The Balaban J connectivity index is 1.29. The first-order valence-corrected chi connectivity index (χ1v) is 16.1. The van der Waals surface area contributed by atoms with Crippen LogP contribution < -0.4 is 14.4 Å². The van der Waals surface area contributed by atoms with E-state index in [-0.39, 0.29) is 95.5 Å². The second-order valence-electron chi connectivity index (χ2n) is 13.5. The molecule has 3 atom stereocenters. The van der Waals surface area contributed by atoms with E-state index in [2.05, 4.69) is 20.9 Å². The summed E-state index contributed by atoms with van der Waals surface area (Å²) < 4.78 is 93.1. The molecule has 4 aliphatic rings.